The van der Waals surface area contributed by atoms with Gasteiger partial charge in [-0.15, -0.1) is 0 Å². The fraction of sp³-hybridized carbons (Fsp3) is 0.273. The molecule has 1 aromatic carbocycles. The van der Waals surface area contributed by atoms with Gasteiger partial charge in [0.25, 0.3) is 0 Å². The highest BCUT2D eigenvalue weighted by molar-refractivity contribution is 7.09. The van der Waals surface area contributed by atoms with E-state index < -0.39 is 0 Å². The zero-order chi connectivity index (χ0) is 12.3. The summed E-state index contributed by atoms with van der Waals surface area (Å²) in [7, 11) is 3.25. The Kier molecular flexibility index (Phi) is 3.43. The van der Waals surface area contributed by atoms with Crippen molar-refractivity contribution in [3.8, 4) is 11.5 Å². The fourth-order valence-corrected chi connectivity index (χ4v) is 1.96. The summed E-state index contributed by atoms with van der Waals surface area (Å²) in [6.07, 6.45) is 0.598. The van der Waals surface area contributed by atoms with Gasteiger partial charge in [0.2, 0.25) is 0 Å². The number of nitrogens with two attached hydrogens (primary N) is 1. The van der Waals surface area contributed by atoms with Crippen LogP contribution in [0, 0.1) is 0 Å². The van der Waals surface area contributed by atoms with Gasteiger partial charge in [-0.05, 0) is 6.07 Å². The number of nitrogens with zero attached hydrogens (tertiary/aromatic N) is 2. The molecule has 0 aliphatic carbocycles. The first-order valence-electron chi connectivity index (χ1n) is 5.02. The Morgan fingerprint density at radius 3 is 2.71 bits per heavy atom. The van der Waals surface area contributed by atoms with Gasteiger partial charge in [0.05, 0.1) is 14.2 Å². The van der Waals surface area contributed by atoms with Crippen LogP contribution in [-0.2, 0) is 6.42 Å². The van der Waals surface area contributed by atoms with Crippen LogP contribution in [0.3, 0.4) is 0 Å². The minimum Gasteiger partial charge on any atom is -0.497 e. The predicted molar refractivity (Wildman–Crippen MR) is 66.7 cm³/mol. The van der Waals surface area contributed by atoms with Crippen LogP contribution in [0.25, 0.3) is 0 Å². The van der Waals surface area contributed by atoms with Crippen LogP contribution in [0.5, 0.6) is 11.5 Å². The molecule has 0 aliphatic heterocycles. The van der Waals surface area contributed by atoms with Gasteiger partial charge in [-0.2, -0.15) is 4.37 Å². The maximum absolute atomic E-state index is 5.54. The van der Waals surface area contributed by atoms with Crippen molar-refractivity contribution >= 4 is 16.7 Å². The molecule has 2 aromatic rings. The van der Waals surface area contributed by atoms with E-state index in [1.807, 2.05) is 18.2 Å². The first-order chi connectivity index (χ1) is 8.22. The second-order valence-electron chi connectivity index (χ2n) is 3.40. The minimum absolute atomic E-state index is 0.479. The van der Waals surface area contributed by atoms with Crippen molar-refractivity contribution in [3.63, 3.8) is 0 Å². The van der Waals surface area contributed by atoms with E-state index in [-0.39, 0.29) is 0 Å². The number of hydrogen-bond donors (Lipinski definition) is 1. The SMILES string of the molecule is COc1ccc(Cc2nsc(N)n2)c(OC)c1. The van der Waals surface area contributed by atoms with Gasteiger partial charge in [0.15, 0.2) is 5.13 Å². The quantitative estimate of drug-likeness (QED) is 0.896. The van der Waals surface area contributed by atoms with Crippen molar-refractivity contribution < 1.29 is 9.47 Å². The van der Waals surface area contributed by atoms with Crippen LogP contribution in [0.2, 0.25) is 0 Å². The number of nitrogen functional groups attached to an aromatic ring is 1. The molecule has 0 spiro atoms. The Morgan fingerprint density at radius 1 is 1.29 bits per heavy atom. The molecule has 0 saturated carbocycles. The molecule has 0 bridgehead atoms. The third-order valence-electron chi connectivity index (χ3n) is 2.33. The zero-order valence-electron chi connectivity index (χ0n) is 9.64. The molecular formula is C11H13N3O2S. The average Bonchev–Trinajstić information content (AvgIpc) is 2.75. The molecule has 1 heterocycles. The third kappa shape index (κ3) is 2.65. The van der Waals surface area contributed by atoms with Crippen molar-refractivity contribution in [2.45, 2.75) is 6.42 Å². The van der Waals surface area contributed by atoms with E-state index in [1.54, 1.807) is 14.2 Å². The number of rotatable bonds is 4. The number of hydrogen-bond acceptors (Lipinski definition) is 6. The summed E-state index contributed by atoms with van der Waals surface area (Å²) in [5.74, 6) is 2.23. The molecular weight excluding hydrogens is 238 g/mol. The monoisotopic (exact) mass is 251 g/mol. The van der Waals surface area contributed by atoms with E-state index in [1.165, 1.54) is 11.5 Å². The topological polar surface area (TPSA) is 70.3 Å². The summed E-state index contributed by atoms with van der Waals surface area (Å²) in [5, 5.41) is 0.479. The molecule has 17 heavy (non-hydrogen) atoms. The van der Waals surface area contributed by atoms with E-state index in [2.05, 4.69) is 9.36 Å². The molecule has 2 N–H and O–H groups in total. The van der Waals surface area contributed by atoms with Gasteiger partial charge in [-0.1, -0.05) is 6.07 Å². The van der Waals surface area contributed by atoms with Crippen LogP contribution < -0.4 is 15.2 Å². The van der Waals surface area contributed by atoms with Crippen molar-refractivity contribution in [1.29, 1.82) is 0 Å². The van der Waals surface area contributed by atoms with Crippen LogP contribution in [0.1, 0.15) is 11.4 Å². The highest BCUT2D eigenvalue weighted by Crippen LogP contribution is 2.26. The van der Waals surface area contributed by atoms with E-state index in [4.69, 9.17) is 15.2 Å². The molecule has 0 unspecified atom stereocenters. The normalized spacial score (nSPS) is 10.2. The van der Waals surface area contributed by atoms with Gasteiger partial charge < -0.3 is 15.2 Å². The van der Waals surface area contributed by atoms with Gasteiger partial charge in [0.1, 0.15) is 17.3 Å². The Bertz CT molecular complexity index is 513. The Labute approximate surface area is 103 Å². The van der Waals surface area contributed by atoms with E-state index >= 15 is 0 Å². The second-order valence-corrected chi connectivity index (χ2v) is 4.19. The first kappa shape index (κ1) is 11.7. The molecule has 0 aliphatic rings. The average molecular weight is 251 g/mol. The van der Waals surface area contributed by atoms with Crippen LogP contribution in [0.15, 0.2) is 18.2 Å². The lowest BCUT2D eigenvalue weighted by molar-refractivity contribution is 0.391. The Morgan fingerprint density at radius 2 is 2.12 bits per heavy atom. The summed E-state index contributed by atoms with van der Waals surface area (Å²) in [6, 6.07) is 5.66. The van der Waals surface area contributed by atoms with E-state index in [0.717, 1.165) is 17.1 Å². The summed E-state index contributed by atoms with van der Waals surface area (Å²) in [5.41, 5.74) is 6.55. The smallest absolute Gasteiger partial charge is 0.199 e. The molecule has 0 saturated heterocycles. The summed E-state index contributed by atoms with van der Waals surface area (Å²) in [6.45, 7) is 0. The second kappa shape index (κ2) is 5.01. The Hall–Kier alpha value is -1.82. The lowest BCUT2D eigenvalue weighted by Gasteiger charge is -2.08. The van der Waals surface area contributed by atoms with Crippen molar-refractivity contribution in [1.82, 2.24) is 9.36 Å². The van der Waals surface area contributed by atoms with Crippen molar-refractivity contribution in [2.75, 3.05) is 20.0 Å². The molecule has 0 fully saturated rings. The lowest BCUT2D eigenvalue weighted by atomic mass is 10.1. The minimum atomic E-state index is 0.479. The van der Waals surface area contributed by atoms with Gasteiger partial charge in [-0.3, -0.25) is 0 Å². The maximum Gasteiger partial charge on any atom is 0.199 e. The van der Waals surface area contributed by atoms with Crippen LogP contribution in [0.4, 0.5) is 5.13 Å². The molecule has 0 radical (unpaired) electrons. The molecule has 90 valence electrons. The van der Waals surface area contributed by atoms with Gasteiger partial charge in [-0.25, -0.2) is 4.98 Å². The molecule has 5 nitrogen and oxygen atoms in total. The number of methoxy groups -OCH3 is 2. The van der Waals surface area contributed by atoms with Gasteiger partial charge >= 0.3 is 0 Å². The molecule has 0 atom stereocenters. The first-order valence-corrected chi connectivity index (χ1v) is 5.79. The lowest BCUT2D eigenvalue weighted by Crippen LogP contribution is -1.96. The highest BCUT2D eigenvalue weighted by atomic mass is 32.1. The van der Waals surface area contributed by atoms with Crippen molar-refractivity contribution in [3.05, 3.63) is 29.6 Å². The fourth-order valence-electron chi connectivity index (χ4n) is 1.51. The molecule has 0 amide bonds. The largest absolute Gasteiger partial charge is 0.497 e. The predicted octanol–water partition coefficient (Wildman–Crippen LogP) is 1.73. The van der Waals surface area contributed by atoms with Crippen LogP contribution in [-0.4, -0.2) is 23.6 Å². The molecule has 6 heteroatoms. The third-order valence-corrected chi connectivity index (χ3v) is 2.91. The standard InChI is InChI=1S/C11H13N3O2S/c1-15-8-4-3-7(9(6-8)16-2)5-10-13-11(12)17-14-10/h3-4,6H,5H2,1-2H3,(H2,12,13,14). The number of benzene rings is 1. The molecule has 1 aromatic heterocycles. The maximum atomic E-state index is 5.54. The van der Waals surface area contributed by atoms with Gasteiger partial charge in [0, 0.05) is 29.6 Å². The number of anilines is 1. The molecule has 2 rings (SSSR count). The van der Waals surface area contributed by atoms with Crippen molar-refractivity contribution in [2.24, 2.45) is 0 Å². The van der Waals surface area contributed by atoms with E-state index in [9.17, 15) is 0 Å². The number of ether oxygens (including phenoxy) is 2. The number of aromatic nitrogens is 2. The highest BCUT2D eigenvalue weighted by Gasteiger charge is 2.09. The summed E-state index contributed by atoms with van der Waals surface area (Å²) >= 11 is 1.20. The summed E-state index contributed by atoms with van der Waals surface area (Å²) < 4.78 is 14.6. The summed E-state index contributed by atoms with van der Waals surface area (Å²) in [4.78, 5) is 4.12. The van der Waals surface area contributed by atoms with E-state index in [0.29, 0.717) is 17.4 Å². The Balaban J connectivity index is 2.26. The van der Waals surface area contributed by atoms with Crippen LogP contribution >= 0.6 is 11.5 Å². The zero-order valence-corrected chi connectivity index (χ0v) is 10.5.